The number of ether oxygens (including phenoxy) is 4. The van der Waals surface area contributed by atoms with E-state index >= 15 is 8.78 Å². The minimum Gasteiger partial charge on any atom is -0.465 e. The second-order valence-corrected chi connectivity index (χ2v) is 15.0. The van der Waals surface area contributed by atoms with Crippen LogP contribution in [0.1, 0.15) is 107 Å². The second-order valence-electron chi connectivity index (χ2n) is 15.0. The maximum Gasteiger partial charge on any atom is 0.338 e. The van der Waals surface area contributed by atoms with E-state index in [9.17, 15) is 14.4 Å². The van der Waals surface area contributed by atoms with Crippen LogP contribution in [-0.4, -0.2) is 87.4 Å². The zero-order valence-electron chi connectivity index (χ0n) is 32.0. The number of hydrogen-bond acceptors (Lipinski definition) is 15. The summed E-state index contributed by atoms with van der Waals surface area (Å²) in [5, 5.41) is 6.79. The molecule has 0 unspecified atom stereocenters. The molecule has 17 nitrogen and oxygen atoms in total. The van der Waals surface area contributed by atoms with Crippen LogP contribution >= 0.6 is 0 Å². The third-order valence-corrected chi connectivity index (χ3v) is 11.3. The highest BCUT2D eigenvalue weighted by atomic mass is 19.1. The van der Waals surface area contributed by atoms with Crippen molar-refractivity contribution in [3.05, 3.63) is 48.3 Å². The lowest BCUT2D eigenvalue weighted by Crippen LogP contribution is -2.51. The fourth-order valence-electron chi connectivity index (χ4n) is 8.38. The van der Waals surface area contributed by atoms with Crippen LogP contribution < -0.4 is 15.4 Å². The number of nitrogens with one attached hydrogen (secondary N) is 2. The molecular formula is C38H42F2N10O7. The van der Waals surface area contributed by atoms with Crippen molar-refractivity contribution in [2.24, 2.45) is 0 Å². The monoisotopic (exact) mass is 788 g/mol. The van der Waals surface area contributed by atoms with Crippen molar-refractivity contribution in [3.8, 4) is 11.4 Å². The molecule has 19 heteroatoms. The number of methoxy groups -OCH3 is 1. The topological polar surface area (TPSA) is 199 Å². The quantitative estimate of drug-likeness (QED) is 0.126. The molecule has 0 amide bonds. The first-order valence-electron chi connectivity index (χ1n) is 18.9. The average Bonchev–Trinajstić information content (AvgIpc) is 4.02. The molecule has 4 atom stereocenters. The number of hydrogen-bond donors (Lipinski definition) is 2. The highest BCUT2D eigenvalue weighted by Crippen LogP contribution is 2.59. The Kier molecular flexibility index (Phi) is 9.73. The van der Waals surface area contributed by atoms with Gasteiger partial charge in [-0.05, 0) is 45.6 Å². The zero-order valence-corrected chi connectivity index (χ0v) is 32.0. The Morgan fingerprint density at radius 3 is 2.00 bits per heavy atom. The van der Waals surface area contributed by atoms with Gasteiger partial charge >= 0.3 is 17.9 Å². The maximum atomic E-state index is 17.8. The summed E-state index contributed by atoms with van der Waals surface area (Å²) in [6, 6.07) is 1.49. The molecule has 1 saturated heterocycles. The first-order valence-corrected chi connectivity index (χ1v) is 18.9. The summed E-state index contributed by atoms with van der Waals surface area (Å²) in [6.07, 6.45) is 9.88. The molecule has 5 heterocycles. The zero-order chi connectivity index (χ0) is 40.2. The van der Waals surface area contributed by atoms with Crippen molar-refractivity contribution < 1.29 is 42.1 Å². The van der Waals surface area contributed by atoms with Crippen molar-refractivity contribution >= 4 is 51.9 Å². The van der Waals surface area contributed by atoms with Crippen LogP contribution in [0, 0.1) is 5.82 Å². The Morgan fingerprint density at radius 2 is 1.42 bits per heavy atom. The molecular weight excluding hydrogens is 746 g/mol. The van der Waals surface area contributed by atoms with E-state index in [0.717, 1.165) is 85.3 Å². The molecule has 1 aliphatic heterocycles. The molecule has 4 aromatic heterocycles. The SMILES string of the molecule is COC(=O)c1cc(-n2cnc3c(NC4CCCC4)ncnc32)c(F)c(OC(C)=O)c1[C@H]1O[C@@H](n2cnc3c(NC4CCCC4)ncnc32)[C@](C)(F)[C@]1(C)OC(C)=O. The lowest BCUT2D eigenvalue weighted by atomic mass is 9.79. The normalized spacial score (nSPS) is 24.0. The van der Waals surface area contributed by atoms with Gasteiger partial charge in [0.25, 0.3) is 0 Å². The molecule has 2 aliphatic carbocycles. The molecule has 2 N–H and O–H groups in total. The summed E-state index contributed by atoms with van der Waals surface area (Å²) in [7, 11) is 1.10. The van der Waals surface area contributed by atoms with Crippen LogP contribution in [0.15, 0.2) is 31.4 Å². The van der Waals surface area contributed by atoms with Gasteiger partial charge in [0.1, 0.15) is 25.1 Å². The van der Waals surface area contributed by atoms with E-state index < -0.39 is 58.6 Å². The van der Waals surface area contributed by atoms with E-state index in [1.54, 1.807) is 0 Å². The Balaban J connectivity index is 1.29. The summed E-state index contributed by atoms with van der Waals surface area (Å²) in [5.74, 6) is -3.96. The first-order chi connectivity index (χ1) is 27.3. The molecule has 0 radical (unpaired) electrons. The van der Waals surface area contributed by atoms with E-state index in [2.05, 4.69) is 40.5 Å². The number of esters is 3. The van der Waals surface area contributed by atoms with Gasteiger partial charge in [0.15, 0.2) is 63.0 Å². The molecule has 3 fully saturated rings. The molecule has 0 bridgehead atoms. The van der Waals surface area contributed by atoms with E-state index in [1.165, 1.54) is 41.4 Å². The smallest absolute Gasteiger partial charge is 0.338 e. The minimum absolute atomic E-state index is 0.177. The number of fused-ring (bicyclic) bond motifs is 2. The van der Waals surface area contributed by atoms with E-state index in [4.69, 9.17) is 18.9 Å². The Hall–Kier alpha value is -5.85. The van der Waals surface area contributed by atoms with E-state index in [-0.39, 0.29) is 34.6 Å². The molecule has 0 spiro atoms. The number of carbonyl (C=O) groups is 3. The van der Waals surface area contributed by atoms with Gasteiger partial charge < -0.3 is 29.6 Å². The minimum atomic E-state index is -2.64. The van der Waals surface area contributed by atoms with Gasteiger partial charge in [0.2, 0.25) is 0 Å². The number of benzene rings is 1. The van der Waals surface area contributed by atoms with Crippen LogP contribution in [0.25, 0.3) is 28.0 Å². The Morgan fingerprint density at radius 1 is 0.842 bits per heavy atom. The Bertz CT molecular complexity index is 2390. The third kappa shape index (κ3) is 6.46. The summed E-state index contributed by atoms with van der Waals surface area (Å²) in [4.78, 5) is 65.8. The lowest BCUT2D eigenvalue weighted by molar-refractivity contribution is -0.174. The van der Waals surface area contributed by atoms with Crippen LogP contribution in [0.4, 0.5) is 20.4 Å². The molecule has 1 aromatic carbocycles. The molecule has 2 saturated carbocycles. The van der Waals surface area contributed by atoms with Gasteiger partial charge in [-0.2, -0.15) is 0 Å². The molecule has 3 aliphatic rings. The summed E-state index contributed by atoms with van der Waals surface area (Å²) in [6.45, 7) is 4.51. The number of aromatic nitrogens is 8. The number of halogens is 2. The fourth-order valence-corrected chi connectivity index (χ4v) is 8.38. The van der Waals surface area contributed by atoms with Crippen molar-refractivity contribution in [1.82, 2.24) is 39.0 Å². The highest BCUT2D eigenvalue weighted by molar-refractivity contribution is 5.94. The summed E-state index contributed by atoms with van der Waals surface area (Å²) < 4.78 is 60.6. The van der Waals surface area contributed by atoms with E-state index in [0.29, 0.717) is 22.7 Å². The molecule has 300 valence electrons. The average molecular weight is 789 g/mol. The second kappa shape index (κ2) is 14.6. The van der Waals surface area contributed by atoms with Crippen molar-refractivity contribution in [2.75, 3.05) is 17.7 Å². The standard InChI is InChI=1S/C38H42F2N10O7/c1-19(51)55-29-25(23(35(53)54-5)14-24(26(29)39)49-17-45-27-31(41-15-43-33(27)49)47-21-10-6-7-11-21)30-38(4,57-20(2)52)37(3,40)36(56-30)50-18-46-28-32(42-16-44-34(28)50)48-22-12-8-9-13-22/h14-18,21-22,30,36H,6-13H2,1-5H3,(H,41,43,47)(H,42,44,48)/t30-,36-,37+,38-/m1/s1. The summed E-state index contributed by atoms with van der Waals surface area (Å²) >= 11 is 0. The maximum absolute atomic E-state index is 17.8. The fraction of sp³-hybridized carbons (Fsp3) is 0.500. The van der Waals surface area contributed by atoms with Gasteiger partial charge in [-0.3, -0.25) is 18.7 Å². The van der Waals surface area contributed by atoms with Gasteiger partial charge in [-0.1, -0.05) is 25.7 Å². The van der Waals surface area contributed by atoms with Crippen molar-refractivity contribution in [3.63, 3.8) is 0 Å². The first kappa shape index (κ1) is 38.0. The largest absolute Gasteiger partial charge is 0.465 e. The van der Waals surface area contributed by atoms with Crippen LogP contribution in [0.5, 0.6) is 5.75 Å². The number of imidazole rings is 2. The van der Waals surface area contributed by atoms with Crippen molar-refractivity contribution in [1.29, 1.82) is 0 Å². The molecule has 57 heavy (non-hydrogen) atoms. The predicted molar refractivity (Wildman–Crippen MR) is 199 cm³/mol. The van der Waals surface area contributed by atoms with Crippen LogP contribution in [0.2, 0.25) is 0 Å². The van der Waals surface area contributed by atoms with Crippen molar-refractivity contribution in [2.45, 2.75) is 115 Å². The number of anilines is 2. The van der Waals surface area contributed by atoms with E-state index in [1.807, 2.05) is 0 Å². The predicted octanol–water partition coefficient (Wildman–Crippen LogP) is 5.84. The van der Waals surface area contributed by atoms with Gasteiger partial charge in [-0.15, -0.1) is 0 Å². The van der Waals surface area contributed by atoms with Gasteiger partial charge in [0.05, 0.1) is 24.7 Å². The number of alkyl halides is 1. The Labute approximate surface area is 324 Å². The lowest BCUT2D eigenvalue weighted by Gasteiger charge is -2.37. The van der Waals surface area contributed by atoms with Gasteiger partial charge in [0, 0.05) is 31.5 Å². The van der Waals surface area contributed by atoms with Crippen LogP contribution in [0.3, 0.4) is 0 Å². The summed E-state index contributed by atoms with van der Waals surface area (Å²) in [5.41, 5.74) is -5.05. The van der Waals surface area contributed by atoms with Gasteiger partial charge in [-0.25, -0.2) is 43.5 Å². The number of carbonyl (C=O) groups excluding carboxylic acids is 3. The molecule has 5 aromatic rings. The number of rotatable bonds is 10. The molecule has 8 rings (SSSR count). The third-order valence-electron chi connectivity index (χ3n) is 11.3. The number of nitrogens with zero attached hydrogens (tertiary/aromatic N) is 8. The highest BCUT2D eigenvalue weighted by Gasteiger charge is 2.68. The van der Waals surface area contributed by atoms with Crippen LogP contribution in [-0.2, 0) is 23.8 Å².